The first-order valence-electron chi connectivity index (χ1n) is 8.00. The monoisotopic (exact) mass is 381 g/mol. The van der Waals surface area contributed by atoms with E-state index in [0.29, 0.717) is 12.3 Å². The lowest BCUT2D eigenvalue weighted by atomic mass is 10.1. The van der Waals surface area contributed by atoms with E-state index < -0.39 is 16.8 Å². The Labute approximate surface area is 153 Å². The average molecular weight is 381 g/mol. The van der Waals surface area contributed by atoms with Crippen LogP contribution in [0.25, 0.3) is 0 Å². The molecule has 0 aliphatic carbocycles. The normalized spacial score (nSPS) is 16.8. The zero-order chi connectivity index (χ0) is 19.1. The molecule has 0 radical (unpaired) electrons. The highest BCUT2D eigenvalue weighted by Gasteiger charge is 2.28. The maximum atomic E-state index is 12.3. The van der Waals surface area contributed by atoms with Gasteiger partial charge in [0.1, 0.15) is 0 Å². The Morgan fingerprint density at radius 1 is 1.31 bits per heavy atom. The van der Waals surface area contributed by atoms with E-state index in [0.717, 1.165) is 5.75 Å². The van der Waals surface area contributed by atoms with Gasteiger partial charge in [0.15, 0.2) is 0 Å². The highest BCUT2D eigenvalue weighted by molar-refractivity contribution is 7.99. The van der Waals surface area contributed by atoms with Crippen LogP contribution in [0.4, 0.5) is 5.69 Å². The predicted octanol–water partition coefficient (Wildman–Crippen LogP) is 1.13. The van der Waals surface area contributed by atoms with E-state index >= 15 is 0 Å². The van der Waals surface area contributed by atoms with Gasteiger partial charge in [-0.2, -0.15) is 11.8 Å². The topological polar surface area (TPSA) is 130 Å². The molecule has 1 atom stereocenters. The van der Waals surface area contributed by atoms with E-state index in [2.05, 4.69) is 5.32 Å². The van der Waals surface area contributed by atoms with Gasteiger partial charge < -0.3 is 15.3 Å². The van der Waals surface area contributed by atoms with Gasteiger partial charge in [-0.3, -0.25) is 24.5 Å². The third-order valence-corrected chi connectivity index (χ3v) is 5.01. The van der Waals surface area contributed by atoms with E-state index in [9.17, 15) is 24.5 Å². The van der Waals surface area contributed by atoms with Crippen molar-refractivity contribution in [1.29, 1.82) is 0 Å². The minimum atomic E-state index is -0.943. The van der Waals surface area contributed by atoms with Crippen LogP contribution in [0, 0.1) is 10.1 Å². The summed E-state index contributed by atoms with van der Waals surface area (Å²) in [6.45, 7) is 0.607. The highest BCUT2D eigenvalue weighted by Crippen LogP contribution is 2.19. The number of non-ortho nitro benzene ring substituents is 1. The summed E-state index contributed by atoms with van der Waals surface area (Å²) in [5.41, 5.74) is 0.158. The van der Waals surface area contributed by atoms with Crippen LogP contribution < -0.4 is 5.32 Å². The van der Waals surface area contributed by atoms with Crippen molar-refractivity contribution >= 4 is 35.2 Å². The second-order valence-electron chi connectivity index (χ2n) is 5.72. The number of nitrogens with one attached hydrogen (secondary N) is 1. The van der Waals surface area contributed by atoms with Gasteiger partial charge in [-0.05, 0) is 12.1 Å². The number of carboxylic acid groups (broad SMARTS) is 1. The number of rotatable bonds is 7. The standard InChI is InChI=1S/C16H19N3O6S/c20-14(18-7-8-26-10-13(18)9-15(21)22)5-6-17-16(23)11-1-3-12(4-2-11)19(24)25/h1-4,13H,5-10H2,(H,17,23)(H,21,22). The lowest BCUT2D eigenvalue weighted by molar-refractivity contribution is -0.384. The summed E-state index contributed by atoms with van der Waals surface area (Å²) >= 11 is 1.62. The second kappa shape index (κ2) is 9.18. The molecule has 1 aromatic carbocycles. The van der Waals surface area contributed by atoms with Crippen molar-refractivity contribution in [2.75, 3.05) is 24.6 Å². The molecule has 0 bridgehead atoms. The zero-order valence-electron chi connectivity index (χ0n) is 13.9. The Hall–Kier alpha value is -2.62. The Morgan fingerprint density at radius 3 is 2.62 bits per heavy atom. The Balaban J connectivity index is 1.83. The van der Waals surface area contributed by atoms with Crippen LogP contribution in [0.1, 0.15) is 23.2 Å². The molecule has 9 nitrogen and oxygen atoms in total. The summed E-state index contributed by atoms with van der Waals surface area (Å²) in [5, 5.41) is 22.1. The fourth-order valence-corrected chi connectivity index (χ4v) is 3.68. The van der Waals surface area contributed by atoms with Gasteiger partial charge in [-0.25, -0.2) is 0 Å². The Kier molecular flexibility index (Phi) is 6.96. The summed E-state index contributed by atoms with van der Waals surface area (Å²) < 4.78 is 0. The van der Waals surface area contributed by atoms with E-state index in [1.54, 1.807) is 16.7 Å². The molecule has 140 valence electrons. The molecule has 1 aromatic rings. The van der Waals surface area contributed by atoms with Gasteiger partial charge in [-0.1, -0.05) is 0 Å². The first-order chi connectivity index (χ1) is 12.4. The number of carbonyl (C=O) groups is 3. The Morgan fingerprint density at radius 2 is 2.00 bits per heavy atom. The van der Waals surface area contributed by atoms with Crippen molar-refractivity contribution in [3.8, 4) is 0 Å². The van der Waals surface area contributed by atoms with E-state index in [1.807, 2.05) is 0 Å². The molecule has 1 aliphatic heterocycles. The number of nitro groups is 1. The number of carboxylic acids is 1. The average Bonchev–Trinajstić information content (AvgIpc) is 2.61. The van der Waals surface area contributed by atoms with Gasteiger partial charge in [-0.15, -0.1) is 0 Å². The lowest BCUT2D eigenvalue weighted by Crippen LogP contribution is -2.47. The van der Waals surface area contributed by atoms with Gasteiger partial charge in [0.05, 0.1) is 17.4 Å². The molecule has 1 aliphatic rings. The summed E-state index contributed by atoms with van der Waals surface area (Å²) in [4.78, 5) is 46.9. The van der Waals surface area contributed by atoms with Crippen molar-refractivity contribution in [2.45, 2.75) is 18.9 Å². The fraction of sp³-hybridized carbons (Fsp3) is 0.438. The minimum absolute atomic E-state index is 0.0690. The number of hydrogen-bond acceptors (Lipinski definition) is 6. The molecule has 10 heteroatoms. The smallest absolute Gasteiger partial charge is 0.305 e. The van der Waals surface area contributed by atoms with Crippen LogP contribution in [0.5, 0.6) is 0 Å². The first kappa shape index (κ1) is 19.7. The molecule has 26 heavy (non-hydrogen) atoms. The molecular weight excluding hydrogens is 362 g/mol. The largest absolute Gasteiger partial charge is 0.481 e. The molecule has 1 saturated heterocycles. The summed E-state index contributed by atoms with van der Waals surface area (Å²) in [6, 6.07) is 4.84. The van der Waals surface area contributed by atoms with Crippen LogP contribution in [-0.4, -0.2) is 63.4 Å². The van der Waals surface area contributed by atoms with Crippen molar-refractivity contribution in [1.82, 2.24) is 10.2 Å². The molecule has 1 fully saturated rings. The SMILES string of the molecule is O=C(O)CC1CSCCN1C(=O)CCNC(=O)c1ccc([N+](=O)[O-])cc1. The molecule has 0 saturated carbocycles. The molecular formula is C16H19N3O6S. The molecule has 2 N–H and O–H groups in total. The summed E-state index contributed by atoms with van der Waals surface area (Å²) in [7, 11) is 0. The van der Waals surface area contributed by atoms with Crippen molar-refractivity contribution < 1.29 is 24.4 Å². The number of nitrogens with zero attached hydrogens (tertiary/aromatic N) is 2. The van der Waals surface area contributed by atoms with E-state index in [-0.39, 0.29) is 42.6 Å². The number of hydrogen-bond donors (Lipinski definition) is 2. The Bertz CT molecular complexity index is 694. The lowest BCUT2D eigenvalue weighted by Gasteiger charge is -2.34. The second-order valence-corrected chi connectivity index (χ2v) is 6.87. The number of amides is 2. The number of nitro benzene ring substituents is 1. The molecule has 1 unspecified atom stereocenters. The number of benzene rings is 1. The first-order valence-corrected chi connectivity index (χ1v) is 9.15. The summed E-state index contributed by atoms with van der Waals surface area (Å²) in [5.74, 6) is -0.212. The molecule has 0 spiro atoms. The molecule has 2 amide bonds. The number of aliphatic carboxylic acids is 1. The van der Waals surface area contributed by atoms with Crippen LogP contribution in [0.2, 0.25) is 0 Å². The summed E-state index contributed by atoms with van der Waals surface area (Å²) in [6.07, 6.45) is -0.0204. The van der Waals surface area contributed by atoms with Gasteiger partial charge in [0.25, 0.3) is 11.6 Å². The third kappa shape index (κ3) is 5.45. The fourth-order valence-electron chi connectivity index (χ4n) is 2.62. The van der Waals surface area contributed by atoms with E-state index in [4.69, 9.17) is 5.11 Å². The maximum absolute atomic E-state index is 12.3. The van der Waals surface area contributed by atoms with Crippen LogP contribution in [0.15, 0.2) is 24.3 Å². The van der Waals surface area contributed by atoms with E-state index in [1.165, 1.54) is 24.3 Å². The highest BCUT2D eigenvalue weighted by atomic mass is 32.2. The maximum Gasteiger partial charge on any atom is 0.305 e. The third-order valence-electron chi connectivity index (χ3n) is 3.92. The van der Waals surface area contributed by atoms with Crippen LogP contribution in [0.3, 0.4) is 0 Å². The number of thioether (sulfide) groups is 1. The van der Waals surface area contributed by atoms with Gasteiger partial charge in [0.2, 0.25) is 5.91 Å². The van der Waals surface area contributed by atoms with Crippen LogP contribution >= 0.6 is 11.8 Å². The van der Waals surface area contributed by atoms with Crippen molar-refractivity contribution in [2.24, 2.45) is 0 Å². The predicted molar refractivity (Wildman–Crippen MR) is 95.1 cm³/mol. The molecule has 2 rings (SSSR count). The van der Waals surface area contributed by atoms with Crippen LogP contribution in [-0.2, 0) is 9.59 Å². The van der Waals surface area contributed by atoms with Gasteiger partial charge in [0, 0.05) is 48.7 Å². The molecule has 1 heterocycles. The van der Waals surface area contributed by atoms with Gasteiger partial charge >= 0.3 is 5.97 Å². The van der Waals surface area contributed by atoms with Crippen molar-refractivity contribution in [3.63, 3.8) is 0 Å². The number of carbonyl (C=O) groups excluding carboxylic acids is 2. The molecule has 0 aromatic heterocycles. The quantitative estimate of drug-likeness (QED) is 0.535. The minimum Gasteiger partial charge on any atom is -0.481 e. The van der Waals surface area contributed by atoms with Crippen molar-refractivity contribution in [3.05, 3.63) is 39.9 Å². The zero-order valence-corrected chi connectivity index (χ0v) is 14.7.